The Kier molecular flexibility index (Phi) is 9.03. The second kappa shape index (κ2) is 12.8. The minimum atomic E-state index is -3.08. The smallest absolute Gasteiger partial charge is 0.148 e. The molecule has 0 aliphatic heterocycles. The van der Waals surface area contributed by atoms with Crippen LogP contribution in [-0.4, -0.2) is 47.4 Å². The number of anilines is 2. The Morgan fingerprint density at radius 1 is 1.00 bits per heavy atom. The average Bonchev–Trinajstić information content (AvgIpc) is 3.42. The molecule has 0 radical (unpaired) electrons. The van der Waals surface area contributed by atoms with E-state index in [-0.39, 0.29) is 23.7 Å². The molecule has 10 heteroatoms. The van der Waals surface area contributed by atoms with Gasteiger partial charge in [0.15, 0.2) is 0 Å². The van der Waals surface area contributed by atoms with E-state index in [9.17, 15) is 12.8 Å². The first-order valence-electron chi connectivity index (χ1n) is 14.4. The van der Waals surface area contributed by atoms with Crippen molar-refractivity contribution in [2.24, 2.45) is 0 Å². The first-order valence-corrected chi connectivity index (χ1v) is 16.4. The molecule has 0 bridgehead atoms. The van der Waals surface area contributed by atoms with Gasteiger partial charge < -0.3 is 14.5 Å². The Labute approximate surface area is 257 Å². The Bertz CT molecular complexity index is 1880. The van der Waals surface area contributed by atoms with E-state index in [2.05, 4.69) is 41.0 Å². The molecular formula is C34H37FN4O4S. The molecule has 5 aromatic rings. The molecule has 0 amide bonds. The molecule has 44 heavy (non-hydrogen) atoms. The highest BCUT2D eigenvalue weighted by atomic mass is 32.2. The van der Waals surface area contributed by atoms with Crippen molar-refractivity contribution in [1.29, 1.82) is 0 Å². The second-order valence-corrected chi connectivity index (χ2v) is 14.2. The van der Waals surface area contributed by atoms with E-state index >= 15 is 0 Å². The molecule has 0 fully saturated rings. The lowest BCUT2D eigenvalue weighted by molar-refractivity contribution is 0.127. The molecule has 0 aliphatic carbocycles. The molecule has 2 heterocycles. The number of rotatable bonds is 11. The van der Waals surface area contributed by atoms with Crippen molar-refractivity contribution >= 4 is 32.2 Å². The molecule has 230 valence electrons. The molecule has 0 aliphatic rings. The van der Waals surface area contributed by atoms with Crippen LogP contribution < -0.4 is 10.1 Å². The van der Waals surface area contributed by atoms with E-state index in [1.54, 1.807) is 6.07 Å². The van der Waals surface area contributed by atoms with Crippen LogP contribution in [0.25, 0.3) is 22.2 Å². The SMILES string of the molecule is Cc1cc(Nc2ncnc3ccc(-c4ccc(CN(CCS(C)(=O)=O)C(C)(C)C)o4)cc23)ccc1OCc1cccc(F)c1. The van der Waals surface area contributed by atoms with Gasteiger partial charge in [0.1, 0.15) is 51.7 Å². The van der Waals surface area contributed by atoms with Gasteiger partial charge in [-0.1, -0.05) is 12.1 Å². The summed E-state index contributed by atoms with van der Waals surface area (Å²) in [4.78, 5) is 11.1. The number of furan rings is 1. The van der Waals surface area contributed by atoms with Crippen LogP contribution in [-0.2, 0) is 23.0 Å². The first-order chi connectivity index (χ1) is 20.8. The van der Waals surface area contributed by atoms with Crippen molar-refractivity contribution in [1.82, 2.24) is 14.9 Å². The third-order valence-electron chi connectivity index (χ3n) is 7.33. The number of aryl methyl sites for hydroxylation is 1. The minimum Gasteiger partial charge on any atom is -0.489 e. The van der Waals surface area contributed by atoms with Gasteiger partial charge in [0.25, 0.3) is 0 Å². The molecule has 1 N–H and O–H groups in total. The largest absolute Gasteiger partial charge is 0.489 e. The highest BCUT2D eigenvalue weighted by Crippen LogP contribution is 2.31. The number of sulfone groups is 1. The lowest BCUT2D eigenvalue weighted by Gasteiger charge is -2.34. The summed E-state index contributed by atoms with van der Waals surface area (Å²) < 4.78 is 49.3. The van der Waals surface area contributed by atoms with Crippen LogP contribution in [0.15, 0.2) is 83.5 Å². The van der Waals surface area contributed by atoms with E-state index in [4.69, 9.17) is 9.15 Å². The van der Waals surface area contributed by atoms with Crippen LogP contribution in [0.4, 0.5) is 15.9 Å². The van der Waals surface area contributed by atoms with Crippen molar-refractivity contribution in [3.8, 4) is 17.1 Å². The van der Waals surface area contributed by atoms with Crippen molar-refractivity contribution in [2.45, 2.75) is 46.4 Å². The Balaban J connectivity index is 1.33. The van der Waals surface area contributed by atoms with Gasteiger partial charge in [0.2, 0.25) is 0 Å². The molecule has 0 unspecified atom stereocenters. The summed E-state index contributed by atoms with van der Waals surface area (Å²) in [6.45, 7) is 9.32. The molecule has 2 aromatic heterocycles. The fourth-order valence-corrected chi connectivity index (χ4v) is 5.41. The van der Waals surface area contributed by atoms with Gasteiger partial charge in [-0.05, 0) is 99.5 Å². The van der Waals surface area contributed by atoms with Crippen LogP contribution >= 0.6 is 0 Å². The monoisotopic (exact) mass is 616 g/mol. The van der Waals surface area contributed by atoms with Gasteiger partial charge in [-0.2, -0.15) is 0 Å². The van der Waals surface area contributed by atoms with Crippen LogP contribution in [0.1, 0.15) is 37.7 Å². The highest BCUT2D eigenvalue weighted by Gasteiger charge is 2.24. The van der Waals surface area contributed by atoms with Crippen LogP contribution in [0.5, 0.6) is 5.75 Å². The van der Waals surface area contributed by atoms with Gasteiger partial charge in [-0.15, -0.1) is 0 Å². The fraction of sp³-hybridized carbons (Fsp3) is 0.294. The van der Waals surface area contributed by atoms with Crippen molar-refractivity contribution < 1.29 is 22.0 Å². The summed E-state index contributed by atoms with van der Waals surface area (Å²) in [5.41, 5.74) is 3.94. The molecule has 0 saturated heterocycles. The third kappa shape index (κ3) is 8.00. The average molecular weight is 617 g/mol. The van der Waals surface area contributed by atoms with Crippen LogP contribution in [0.2, 0.25) is 0 Å². The van der Waals surface area contributed by atoms with E-state index in [1.807, 2.05) is 61.5 Å². The Morgan fingerprint density at radius 3 is 2.55 bits per heavy atom. The Morgan fingerprint density at radius 2 is 1.82 bits per heavy atom. The number of aromatic nitrogens is 2. The predicted octanol–water partition coefficient (Wildman–Crippen LogP) is 7.31. The van der Waals surface area contributed by atoms with E-state index in [1.165, 1.54) is 24.7 Å². The number of benzene rings is 3. The summed E-state index contributed by atoms with van der Waals surface area (Å²) in [7, 11) is -3.08. The maximum absolute atomic E-state index is 13.5. The number of nitrogens with zero attached hydrogens (tertiary/aromatic N) is 3. The van der Waals surface area contributed by atoms with Gasteiger partial charge in [0, 0.05) is 35.0 Å². The van der Waals surface area contributed by atoms with E-state index in [0.29, 0.717) is 30.4 Å². The molecule has 0 spiro atoms. The number of hydrogen-bond acceptors (Lipinski definition) is 8. The summed E-state index contributed by atoms with van der Waals surface area (Å²) in [6, 6.07) is 21.9. The van der Waals surface area contributed by atoms with Crippen LogP contribution in [0, 0.1) is 12.7 Å². The van der Waals surface area contributed by atoms with Gasteiger partial charge >= 0.3 is 0 Å². The summed E-state index contributed by atoms with van der Waals surface area (Å²) in [5.74, 6) is 2.61. The second-order valence-electron chi connectivity index (χ2n) is 12.0. The third-order valence-corrected chi connectivity index (χ3v) is 8.25. The maximum Gasteiger partial charge on any atom is 0.148 e. The first kappa shape index (κ1) is 31.2. The Hall–Kier alpha value is -4.28. The zero-order chi connectivity index (χ0) is 31.5. The lowest BCUT2D eigenvalue weighted by atomic mass is 10.1. The van der Waals surface area contributed by atoms with Crippen molar-refractivity contribution in [3.63, 3.8) is 0 Å². The van der Waals surface area contributed by atoms with Crippen molar-refractivity contribution in [3.05, 3.63) is 102 Å². The zero-order valence-electron chi connectivity index (χ0n) is 25.6. The quantitative estimate of drug-likeness (QED) is 0.165. The molecular weight excluding hydrogens is 579 g/mol. The van der Waals surface area contributed by atoms with Gasteiger partial charge in [0.05, 0.1) is 17.8 Å². The number of fused-ring (bicyclic) bond motifs is 1. The fourth-order valence-electron chi connectivity index (χ4n) is 4.86. The number of nitrogens with one attached hydrogen (secondary N) is 1. The highest BCUT2D eigenvalue weighted by molar-refractivity contribution is 7.90. The number of halogens is 1. The van der Waals surface area contributed by atoms with Gasteiger partial charge in [-0.25, -0.2) is 22.8 Å². The maximum atomic E-state index is 13.5. The molecule has 8 nitrogen and oxygen atoms in total. The zero-order valence-corrected chi connectivity index (χ0v) is 26.4. The summed E-state index contributed by atoms with van der Waals surface area (Å²) in [6.07, 6.45) is 2.78. The number of ether oxygens (including phenoxy) is 1. The molecule has 0 atom stereocenters. The summed E-state index contributed by atoms with van der Waals surface area (Å²) >= 11 is 0. The molecule has 5 rings (SSSR count). The number of hydrogen-bond donors (Lipinski definition) is 1. The van der Waals surface area contributed by atoms with Crippen LogP contribution in [0.3, 0.4) is 0 Å². The molecule has 0 saturated carbocycles. The van der Waals surface area contributed by atoms with Gasteiger partial charge in [-0.3, -0.25) is 4.90 Å². The molecule has 3 aromatic carbocycles. The predicted molar refractivity (Wildman–Crippen MR) is 172 cm³/mol. The normalized spacial score (nSPS) is 12.2. The summed E-state index contributed by atoms with van der Waals surface area (Å²) in [5, 5.41) is 4.24. The van der Waals surface area contributed by atoms with E-state index < -0.39 is 9.84 Å². The van der Waals surface area contributed by atoms with Crippen molar-refractivity contribution in [2.75, 3.05) is 23.9 Å². The topological polar surface area (TPSA) is 97.6 Å². The standard InChI is InChI=1S/C34H37FN4O4S/c1-23-17-27(10-13-31(23)42-21-24-7-6-8-26(35)18-24)38-33-29-19-25(9-12-30(29)36-22-37-33)32-14-11-28(43-32)20-39(34(2,3)4)15-16-44(5,40)41/h6-14,17-19,22H,15-16,20-21H2,1-5H3,(H,36,37,38). The minimum absolute atomic E-state index is 0.0858. The lowest BCUT2D eigenvalue weighted by Crippen LogP contribution is -2.43. The van der Waals surface area contributed by atoms with E-state index in [0.717, 1.165) is 39.0 Å².